The molecule has 2 heteroatoms. The van der Waals surface area contributed by atoms with E-state index in [1.54, 1.807) is 0 Å². The first-order valence-electron chi connectivity index (χ1n) is 5.13. The van der Waals surface area contributed by atoms with Gasteiger partial charge in [0.15, 0.2) is 0 Å². The molecule has 0 spiro atoms. The molecule has 68 valence electrons. The van der Waals surface area contributed by atoms with Crippen molar-refractivity contribution < 1.29 is 0 Å². The summed E-state index contributed by atoms with van der Waals surface area (Å²) in [5.74, 6) is 0. The van der Waals surface area contributed by atoms with Gasteiger partial charge in [-0.3, -0.25) is 4.98 Å². The van der Waals surface area contributed by atoms with Crippen LogP contribution in [-0.4, -0.2) is 11.0 Å². The molecule has 2 nitrogen and oxygen atoms in total. The highest BCUT2D eigenvalue weighted by molar-refractivity contribution is 5.26. The molecule has 1 fully saturated rings. The molecule has 1 saturated heterocycles. The minimum Gasteiger partial charge on any atom is -0.306 e. The molecule has 1 N–H and O–H groups in total. The van der Waals surface area contributed by atoms with Gasteiger partial charge in [-0.05, 0) is 37.3 Å². The predicted octanol–water partition coefficient (Wildman–Crippen LogP) is 1.82. The van der Waals surface area contributed by atoms with Crippen LogP contribution in [0.3, 0.4) is 0 Å². The maximum Gasteiger partial charge on any atom is 0.0605 e. The van der Waals surface area contributed by atoms with Gasteiger partial charge in [0, 0.05) is 12.2 Å². The van der Waals surface area contributed by atoms with Crippen molar-refractivity contribution in [1.29, 1.82) is 0 Å². The van der Waals surface area contributed by atoms with E-state index in [0.717, 1.165) is 6.04 Å². The van der Waals surface area contributed by atoms with Crippen LogP contribution in [0.1, 0.15) is 36.6 Å². The molecular weight excluding hydrogens is 160 g/mol. The van der Waals surface area contributed by atoms with E-state index in [0.29, 0.717) is 6.04 Å². The van der Waals surface area contributed by atoms with Crippen molar-refractivity contribution in [3.05, 3.63) is 29.6 Å². The lowest BCUT2D eigenvalue weighted by molar-refractivity contribution is 0.539. The summed E-state index contributed by atoms with van der Waals surface area (Å²) in [7, 11) is 0. The minimum absolute atomic E-state index is 0.545. The molecule has 2 atom stereocenters. The maximum absolute atomic E-state index is 4.50. The number of fused-ring (bicyclic) bond motifs is 4. The van der Waals surface area contributed by atoms with Crippen LogP contribution in [0.25, 0.3) is 0 Å². The van der Waals surface area contributed by atoms with E-state index in [1.807, 2.05) is 6.20 Å². The molecule has 0 radical (unpaired) electrons. The number of hydrogen-bond donors (Lipinski definition) is 1. The van der Waals surface area contributed by atoms with Crippen LogP contribution in [0, 0.1) is 0 Å². The number of rotatable bonds is 0. The van der Waals surface area contributed by atoms with Crippen molar-refractivity contribution in [3.8, 4) is 0 Å². The lowest BCUT2D eigenvalue weighted by Gasteiger charge is -2.11. The molecule has 13 heavy (non-hydrogen) atoms. The number of aromatic nitrogens is 1. The predicted molar refractivity (Wildman–Crippen MR) is 51.5 cm³/mol. The van der Waals surface area contributed by atoms with Crippen molar-refractivity contribution in [2.24, 2.45) is 0 Å². The third kappa shape index (κ3) is 1.17. The van der Waals surface area contributed by atoms with Crippen molar-refractivity contribution in [2.75, 3.05) is 0 Å². The summed E-state index contributed by atoms with van der Waals surface area (Å²) < 4.78 is 0. The Hall–Kier alpha value is -0.890. The Balaban J connectivity index is 2.07. The van der Waals surface area contributed by atoms with Crippen molar-refractivity contribution >= 4 is 0 Å². The van der Waals surface area contributed by atoms with E-state index >= 15 is 0 Å². The van der Waals surface area contributed by atoms with E-state index in [2.05, 4.69) is 22.4 Å². The molecule has 1 aromatic rings. The Morgan fingerprint density at radius 1 is 1.31 bits per heavy atom. The Bertz CT molecular complexity index is 322. The zero-order valence-electron chi connectivity index (χ0n) is 7.66. The summed E-state index contributed by atoms with van der Waals surface area (Å²) in [5, 5.41) is 3.65. The highest BCUT2D eigenvalue weighted by atomic mass is 15.0. The van der Waals surface area contributed by atoms with Crippen molar-refractivity contribution in [3.63, 3.8) is 0 Å². The topological polar surface area (TPSA) is 24.9 Å². The zero-order chi connectivity index (χ0) is 8.67. The second kappa shape index (κ2) is 2.81. The Morgan fingerprint density at radius 3 is 3.31 bits per heavy atom. The number of nitrogens with zero attached hydrogens (tertiary/aromatic N) is 1. The molecule has 2 aliphatic heterocycles. The van der Waals surface area contributed by atoms with Gasteiger partial charge in [0.05, 0.1) is 11.7 Å². The molecule has 1 aromatic heterocycles. The highest BCUT2D eigenvalue weighted by Gasteiger charge is 2.30. The standard InChI is InChI=1S/C11H14N2/c1-2-8-3-4-9-5-6-10(13-9)11(8)12-7-1/h1-2,7,9-10,13H,3-6H2/t9-,10-/m1/s1. The van der Waals surface area contributed by atoms with Gasteiger partial charge in [-0.15, -0.1) is 0 Å². The normalized spacial score (nSPS) is 31.1. The Morgan fingerprint density at radius 2 is 2.31 bits per heavy atom. The molecule has 0 aliphatic carbocycles. The van der Waals surface area contributed by atoms with E-state index in [1.165, 1.54) is 36.9 Å². The van der Waals surface area contributed by atoms with Gasteiger partial charge in [0.25, 0.3) is 0 Å². The molecule has 0 aromatic carbocycles. The molecule has 3 heterocycles. The quantitative estimate of drug-likeness (QED) is 0.649. The first kappa shape index (κ1) is 7.51. The summed E-state index contributed by atoms with van der Waals surface area (Å²) >= 11 is 0. The average Bonchev–Trinajstić information content (AvgIpc) is 2.54. The number of hydrogen-bond acceptors (Lipinski definition) is 2. The SMILES string of the molecule is c1cnc2c(c1)CC[C@@H]1CC[C@H]2N1. The van der Waals surface area contributed by atoms with Crippen LogP contribution in [-0.2, 0) is 6.42 Å². The molecular formula is C11H14N2. The first-order valence-corrected chi connectivity index (χ1v) is 5.13. The summed E-state index contributed by atoms with van der Waals surface area (Å²) in [4.78, 5) is 4.50. The maximum atomic E-state index is 4.50. The summed E-state index contributed by atoms with van der Waals surface area (Å²) in [6.07, 6.45) is 7.01. The lowest BCUT2D eigenvalue weighted by atomic mass is 9.97. The van der Waals surface area contributed by atoms with Gasteiger partial charge in [-0.1, -0.05) is 6.07 Å². The minimum atomic E-state index is 0.545. The first-order chi connectivity index (χ1) is 6.43. The third-order valence-electron chi connectivity index (χ3n) is 3.26. The Kier molecular flexibility index (Phi) is 1.62. The fourth-order valence-corrected chi connectivity index (χ4v) is 2.57. The molecule has 3 rings (SSSR count). The van der Waals surface area contributed by atoms with Crippen LogP contribution >= 0.6 is 0 Å². The monoisotopic (exact) mass is 174 g/mol. The van der Waals surface area contributed by atoms with Gasteiger partial charge in [0.1, 0.15) is 0 Å². The largest absolute Gasteiger partial charge is 0.306 e. The van der Waals surface area contributed by atoms with Gasteiger partial charge in [-0.25, -0.2) is 0 Å². The smallest absolute Gasteiger partial charge is 0.0605 e. The lowest BCUT2D eigenvalue weighted by Crippen LogP contribution is -2.22. The second-order valence-corrected chi connectivity index (χ2v) is 4.08. The number of pyridine rings is 1. The van der Waals surface area contributed by atoms with E-state index < -0.39 is 0 Å². The van der Waals surface area contributed by atoms with Crippen molar-refractivity contribution in [2.45, 2.75) is 37.8 Å². The van der Waals surface area contributed by atoms with Gasteiger partial charge < -0.3 is 5.32 Å². The van der Waals surface area contributed by atoms with Gasteiger partial charge in [-0.2, -0.15) is 0 Å². The van der Waals surface area contributed by atoms with Gasteiger partial charge >= 0.3 is 0 Å². The van der Waals surface area contributed by atoms with Crippen LogP contribution in [0.15, 0.2) is 18.3 Å². The third-order valence-corrected chi connectivity index (χ3v) is 3.26. The van der Waals surface area contributed by atoms with E-state index in [9.17, 15) is 0 Å². The number of aryl methyl sites for hydroxylation is 1. The number of nitrogens with one attached hydrogen (secondary N) is 1. The molecule has 0 amide bonds. The fourth-order valence-electron chi connectivity index (χ4n) is 2.57. The average molecular weight is 174 g/mol. The highest BCUT2D eigenvalue weighted by Crippen LogP contribution is 2.32. The van der Waals surface area contributed by atoms with Crippen LogP contribution in [0.5, 0.6) is 0 Å². The van der Waals surface area contributed by atoms with E-state index in [4.69, 9.17) is 0 Å². The summed E-state index contributed by atoms with van der Waals surface area (Å²) in [6, 6.07) is 5.57. The van der Waals surface area contributed by atoms with Gasteiger partial charge in [0.2, 0.25) is 0 Å². The molecule has 2 bridgehead atoms. The van der Waals surface area contributed by atoms with Crippen molar-refractivity contribution in [1.82, 2.24) is 10.3 Å². The van der Waals surface area contributed by atoms with Crippen LogP contribution < -0.4 is 5.32 Å². The van der Waals surface area contributed by atoms with E-state index in [-0.39, 0.29) is 0 Å². The fraction of sp³-hybridized carbons (Fsp3) is 0.545. The molecule has 0 saturated carbocycles. The second-order valence-electron chi connectivity index (χ2n) is 4.08. The summed E-state index contributed by atoms with van der Waals surface area (Å²) in [6.45, 7) is 0. The zero-order valence-corrected chi connectivity index (χ0v) is 7.66. The van der Waals surface area contributed by atoms with Crippen LogP contribution in [0.4, 0.5) is 0 Å². The van der Waals surface area contributed by atoms with Crippen LogP contribution in [0.2, 0.25) is 0 Å². The molecule has 2 aliphatic rings. The Labute approximate surface area is 78.4 Å². The molecule has 0 unspecified atom stereocenters. The summed E-state index contributed by atoms with van der Waals surface area (Å²) in [5.41, 5.74) is 2.77.